The average molecular weight is 367 g/mol. The maximum absolute atomic E-state index is 12.9. The molecule has 0 bridgehead atoms. The monoisotopic (exact) mass is 366 g/mol. The zero-order chi connectivity index (χ0) is 17.3. The van der Waals surface area contributed by atoms with Gasteiger partial charge in [-0.1, -0.05) is 40.5 Å². The summed E-state index contributed by atoms with van der Waals surface area (Å²) in [6.07, 6.45) is 8.59. The van der Waals surface area contributed by atoms with Crippen LogP contribution in [0.2, 0.25) is 0 Å². The third kappa shape index (κ3) is 4.19. The Bertz CT molecular complexity index is 595. The molecular weight excluding hydrogens is 336 g/mol. The van der Waals surface area contributed by atoms with Crippen molar-refractivity contribution in [3.63, 3.8) is 0 Å². The van der Waals surface area contributed by atoms with Crippen LogP contribution in [0.15, 0.2) is 4.21 Å². The van der Waals surface area contributed by atoms with Crippen LogP contribution < -0.4 is 0 Å². The Labute approximate surface area is 154 Å². The topological polar surface area (TPSA) is 26.3 Å². The van der Waals surface area contributed by atoms with Crippen LogP contribution in [0, 0.1) is 11.3 Å². The molecule has 0 amide bonds. The first-order valence-electron chi connectivity index (χ1n) is 9.34. The van der Waals surface area contributed by atoms with Crippen molar-refractivity contribution in [1.29, 1.82) is 0 Å². The summed E-state index contributed by atoms with van der Waals surface area (Å²) in [5.74, 6) is 0.296. The Hall–Kier alpha value is -0.480. The van der Waals surface area contributed by atoms with Gasteiger partial charge >= 0.3 is 5.97 Å². The van der Waals surface area contributed by atoms with Gasteiger partial charge in [0, 0.05) is 10.1 Å². The van der Waals surface area contributed by atoms with E-state index in [2.05, 4.69) is 27.7 Å². The van der Waals surface area contributed by atoms with Gasteiger partial charge in [0.05, 0.1) is 16.4 Å². The molecule has 1 saturated carbocycles. The SMILES string of the molecule is CC(C)COC(=O)c1c(SC2CCCC2)sc2c1CC(C)(C)CC2. The first-order chi connectivity index (χ1) is 11.4. The fraction of sp³-hybridized carbons (Fsp3) is 0.750. The number of hydrogen-bond donors (Lipinski definition) is 0. The summed E-state index contributed by atoms with van der Waals surface area (Å²) < 4.78 is 6.88. The van der Waals surface area contributed by atoms with Crippen molar-refractivity contribution in [1.82, 2.24) is 0 Å². The van der Waals surface area contributed by atoms with Crippen molar-refractivity contribution >= 4 is 29.1 Å². The Morgan fingerprint density at radius 1 is 1.33 bits per heavy atom. The second kappa shape index (κ2) is 7.41. The number of aryl methyl sites for hydroxylation is 1. The molecule has 1 aromatic rings. The van der Waals surface area contributed by atoms with Gasteiger partial charge in [0.15, 0.2) is 0 Å². The molecule has 1 fully saturated rings. The van der Waals surface area contributed by atoms with Crippen LogP contribution >= 0.6 is 23.1 Å². The first-order valence-corrected chi connectivity index (χ1v) is 11.0. The number of fused-ring (bicyclic) bond motifs is 1. The molecule has 2 aliphatic rings. The van der Waals surface area contributed by atoms with Crippen molar-refractivity contribution < 1.29 is 9.53 Å². The normalized spacial score (nSPS) is 20.4. The fourth-order valence-electron chi connectivity index (χ4n) is 3.66. The van der Waals surface area contributed by atoms with E-state index >= 15 is 0 Å². The first kappa shape index (κ1) is 18.3. The Morgan fingerprint density at radius 3 is 2.71 bits per heavy atom. The van der Waals surface area contributed by atoms with E-state index in [1.54, 1.807) is 0 Å². The number of thiophene rings is 1. The number of thioether (sulfide) groups is 1. The Kier molecular flexibility index (Phi) is 5.65. The molecule has 0 aliphatic heterocycles. The zero-order valence-corrected chi connectivity index (χ0v) is 17.1. The molecular formula is C20H30O2S2. The number of hydrogen-bond acceptors (Lipinski definition) is 4. The number of carbonyl (C=O) groups is 1. The van der Waals surface area contributed by atoms with Crippen molar-refractivity contribution in [2.45, 2.75) is 82.1 Å². The zero-order valence-electron chi connectivity index (χ0n) is 15.4. The molecule has 0 aromatic carbocycles. The molecule has 0 N–H and O–H groups in total. The van der Waals surface area contributed by atoms with Gasteiger partial charge in [0.25, 0.3) is 0 Å². The second-order valence-electron chi connectivity index (χ2n) is 8.52. The lowest BCUT2D eigenvalue weighted by molar-refractivity contribution is 0.0453. The maximum Gasteiger partial charge on any atom is 0.340 e. The lowest BCUT2D eigenvalue weighted by Crippen LogP contribution is -2.23. The lowest BCUT2D eigenvalue weighted by atomic mass is 9.76. The van der Waals surface area contributed by atoms with E-state index in [0.29, 0.717) is 17.8 Å². The van der Waals surface area contributed by atoms with Crippen LogP contribution in [0.5, 0.6) is 0 Å². The molecule has 2 nitrogen and oxygen atoms in total. The summed E-state index contributed by atoms with van der Waals surface area (Å²) in [6, 6.07) is 0. The van der Waals surface area contributed by atoms with Gasteiger partial charge in [-0.3, -0.25) is 0 Å². The van der Waals surface area contributed by atoms with Crippen molar-refractivity contribution in [3.05, 3.63) is 16.0 Å². The molecule has 134 valence electrons. The van der Waals surface area contributed by atoms with E-state index < -0.39 is 0 Å². The third-order valence-electron chi connectivity index (χ3n) is 5.07. The minimum atomic E-state index is -0.0839. The van der Waals surface area contributed by atoms with E-state index in [9.17, 15) is 4.79 Å². The Morgan fingerprint density at radius 2 is 2.04 bits per heavy atom. The van der Waals surface area contributed by atoms with Gasteiger partial charge in [-0.05, 0) is 49.0 Å². The van der Waals surface area contributed by atoms with Crippen LogP contribution in [0.3, 0.4) is 0 Å². The predicted octanol–water partition coefficient (Wildman–Crippen LogP) is 6.11. The summed E-state index contributed by atoms with van der Waals surface area (Å²) in [5, 5.41) is 0.690. The standard InChI is InChI=1S/C20H30O2S2/c1-13(2)12-22-18(21)17-15-11-20(3,4)10-9-16(15)24-19(17)23-14-7-5-6-8-14/h13-14H,5-12H2,1-4H3. The van der Waals surface area contributed by atoms with Crippen LogP contribution in [0.4, 0.5) is 0 Å². The fourth-order valence-corrected chi connectivity index (χ4v) is 6.79. The molecule has 4 heteroatoms. The number of carbonyl (C=O) groups excluding carboxylic acids is 1. The van der Waals surface area contributed by atoms with Gasteiger partial charge in [0.2, 0.25) is 0 Å². The smallest absolute Gasteiger partial charge is 0.340 e. The van der Waals surface area contributed by atoms with Crippen LogP contribution in [0.1, 0.15) is 80.6 Å². The molecule has 0 unspecified atom stereocenters. The molecule has 1 aromatic heterocycles. The molecule has 3 rings (SSSR count). The molecule has 0 radical (unpaired) electrons. The minimum absolute atomic E-state index is 0.0839. The molecule has 24 heavy (non-hydrogen) atoms. The van der Waals surface area contributed by atoms with E-state index in [0.717, 1.165) is 18.4 Å². The highest BCUT2D eigenvalue weighted by Crippen LogP contribution is 2.47. The summed E-state index contributed by atoms with van der Waals surface area (Å²) >= 11 is 3.83. The quantitative estimate of drug-likeness (QED) is 0.588. The maximum atomic E-state index is 12.9. The van der Waals surface area contributed by atoms with Crippen molar-refractivity contribution in [2.75, 3.05) is 6.61 Å². The highest BCUT2D eigenvalue weighted by molar-refractivity contribution is 8.01. The number of ether oxygens (including phenoxy) is 1. The van der Waals surface area contributed by atoms with Gasteiger partial charge in [-0.2, -0.15) is 0 Å². The van der Waals surface area contributed by atoms with E-state index in [1.165, 1.54) is 46.8 Å². The van der Waals surface area contributed by atoms with Crippen LogP contribution in [-0.2, 0) is 17.6 Å². The minimum Gasteiger partial charge on any atom is -0.462 e. The van der Waals surface area contributed by atoms with Crippen LogP contribution in [0.25, 0.3) is 0 Å². The summed E-state index contributed by atoms with van der Waals surface area (Å²) in [5.41, 5.74) is 2.50. The highest BCUT2D eigenvalue weighted by atomic mass is 32.2. The largest absolute Gasteiger partial charge is 0.462 e. The lowest BCUT2D eigenvalue weighted by Gasteiger charge is -2.29. The van der Waals surface area contributed by atoms with Crippen molar-refractivity contribution in [3.8, 4) is 0 Å². The van der Waals surface area contributed by atoms with Gasteiger partial charge in [-0.25, -0.2) is 4.79 Å². The second-order valence-corrected chi connectivity index (χ2v) is 11.2. The summed E-state index contributed by atoms with van der Waals surface area (Å²) in [4.78, 5) is 14.3. The van der Waals surface area contributed by atoms with E-state index in [1.807, 2.05) is 23.1 Å². The number of esters is 1. The van der Waals surface area contributed by atoms with Gasteiger partial charge < -0.3 is 4.74 Å². The molecule has 2 aliphatic carbocycles. The van der Waals surface area contributed by atoms with Gasteiger partial charge in [0.1, 0.15) is 0 Å². The summed E-state index contributed by atoms with van der Waals surface area (Å²) in [6.45, 7) is 9.34. The van der Waals surface area contributed by atoms with E-state index in [4.69, 9.17) is 4.74 Å². The van der Waals surface area contributed by atoms with Gasteiger partial charge in [-0.15, -0.1) is 23.1 Å². The Balaban J connectivity index is 1.89. The predicted molar refractivity (Wildman–Crippen MR) is 103 cm³/mol. The molecule has 0 saturated heterocycles. The van der Waals surface area contributed by atoms with Crippen molar-refractivity contribution in [2.24, 2.45) is 11.3 Å². The third-order valence-corrected chi connectivity index (χ3v) is 7.92. The molecule has 0 atom stereocenters. The number of rotatable bonds is 5. The molecule has 0 spiro atoms. The average Bonchev–Trinajstić information content (AvgIpc) is 3.11. The highest BCUT2D eigenvalue weighted by Gasteiger charge is 2.34. The molecule has 1 heterocycles. The van der Waals surface area contributed by atoms with E-state index in [-0.39, 0.29) is 11.4 Å². The van der Waals surface area contributed by atoms with Crippen LogP contribution in [-0.4, -0.2) is 17.8 Å². The summed E-state index contributed by atoms with van der Waals surface area (Å²) in [7, 11) is 0.